The van der Waals surface area contributed by atoms with Gasteiger partial charge in [0.15, 0.2) is 5.79 Å². The summed E-state index contributed by atoms with van der Waals surface area (Å²) in [6.07, 6.45) is 1.18. The summed E-state index contributed by atoms with van der Waals surface area (Å²) in [6.45, 7) is 1.90. The van der Waals surface area contributed by atoms with E-state index >= 15 is 0 Å². The zero-order valence-electron chi connectivity index (χ0n) is 12.0. The normalized spacial score (nSPS) is 35.4. The van der Waals surface area contributed by atoms with Crippen LogP contribution in [0.25, 0.3) is 0 Å². The molecule has 2 saturated carbocycles. The lowest BCUT2D eigenvalue weighted by molar-refractivity contribution is -0.199. The Labute approximate surface area is 136 Å². The minimum atomic E-state index is -1.87. The van der Waals surface area contributed by atoms with E-state index in [0.29, 0.717) is 18.5 Å². The summed E-state index contributed by atoms with van der Waals surface area (Å²) in [5.74, 6) is -4.70. The summed E-state index contributed by atoms with van der Waals surface area (Å²) in [4.78, 5) is 26.7. The number of aryl methyl sites for hydroxylation is 1. The van der Waals surface area contributed by atoms with Crippen molar-refractivity contribution in [3.8, 4) is 0 Å². The Bertz CT molecular complexity index is 669. The number of amides is 2. The molecule has 116 valence electrons. The average Bonchev–Trinajstić information content (AvgIpc) is 2.98. The van der Waals surface area contributed by atoms with E-state index in [1.165, 1.54) is 4.90 Å². The molecule has 1 saturated heterocycles. The number of benzene rings is 1. The molecule has 5 nitrogen and oxygen atoms in total. The number of anilines is 1. The third-order valence-electron chi connectivity index (χ3n) is 5.54. The van der Waals surface area contributed by atoms with Gasteiger partial charge in [-0.15, -0.1) is 0 Å². The molecule has 2 bridgehead atoms. The summed E-state index contributed by atoms with van der Waals surface area (Å²) in [7, 11) is 0. The maximum Gasteiger partial charge on any atom is 0.238 e. The molecule has 1 aromatic carbocycles. The van der Waals surface area contributed by atoms with Crippen molar-refractivity contribution in [3.05, 3.63) is 28.2 Å². The second-order valence-electron chi connectivity index (χ2n) is 6.57. The maximum atomic E-state index is 12.7. The van der Waals surface area contributed by atoms with Crippen molar-refractivity contribution >= 4 is 33.4 Å². The number of aliphatic hydroxyl groups is 2. The third kappa shape index (κ3) is 1.60. The fourth-order valence-corrected chi connectivity index (χ4v) is 4.77. The molecule has 0 aromatic heterocycles. The molecule has 22 heavy (non-hydrogen) atoms. The van der Waals surface area contributed by atoms with Crippen LogP contribution in [-0.2, 0) is 9.59 Å². The summed E-state index contributed by atoms with van der Waals surface area (Å²) in [5, 5.41) is 20.4. The average molecular weight is 366 g/mol. The van der Waals surface area contributed by atoms with E-state index in [-0.39, 0.29) is 11.8 Å². The lowest BCUT2D eigenvalue weighted by atomic mass is 9.81. The fraction of sp³-hybridized carbons (Fsp3) is 0.500. The number of carbonyl (C=O) groups is 2. The van der Waals surface area contributed by atoms with E-state index in [1.807, 2.05) is 13.0 Å². The van der Waals surface area contributed by atoms with E-state index in [0.717, 1.165) is 10.0 Å². The van der Waals surface area contributed by atoms with Crippen molar-refractivity contribution in [1.29, 1.82) is 0 Å². The van der Waals surface area contributed by atoms with Gasteiger partial charge in [0.1, 0.15) is 0 Å². The molecule has 2 unspecified atom stereocenters. The first kappa shape index (κ1) is 14.4. The van der Waals surface area contributed by atoms with Crippen molar-refractivity contribution in [2.45, 2.75) is 25.6 Å². The molecule has 2 N–H and O–H groups in total. The predicted molar refractivity (Wildman–Crippen MR) is 81.7 cm³/mol. The van der Waals surface area contributed by atoms with E-state index in [9.17, 15) is 19.8 Å². The highest BCUT2D eigenvalue weighted by Crippen LogP contribution is 2.60. The number of hydrogen-bond acceptors (Lipinski definition) is 4. The maximum absolute atomic E-state index is 12.7. The molecule has 4 atom stereocenters. The second-order valence-corrected chi connectivity index (χ2v) is 7.42. The van der Waals surface area contributed by atoms with Crippen LogP contribution in [-0.4, -0.2) is 27.8 Å². The summed E-state index contributed by atoms with van der Waals surface area (Å²) >= 11 is 3.41. The number of hydrogen-bond donors (Lipinski definition) is 2. The van der Waals surface area contributed by atoms with Crippen molar-refractivity contribution in [3.63, 3.8) is 0 Å². The van der Waals surface area contributed by atoms with Crippen LogP contribution in [0.4, 0.5) is 5.69 Å². The molecule has 0 spiro atoms. The molecule has 2 aliphatic carbocycles. The monoisotopic (exact) mass is 365 g/mol. The zero-order chi connectivity index (χ0) is 15.8. The highest BCUT2D eigenvalue weighted by Gasteiger charge is 2.71. The van der Waals surface area contributed by atoms with Gasteiger partial charge in [0.05, 0.1) is 17.5 Å². The highest BCUT2D eigenvalue weighted by atomic mass is 79.9. The first-order valence-corrected chi connectivity index (χ1v) is 8.22. The largest absolute Gasteiger partial charge is 0.365 e. The van der Waals surface area contributed by atoms with Gasteiger partial charge in [-0.1, -0.05) is 15.9 Å². The first-order chi connectivity index (χ1) is 10.3. The molecule has 6 heteroatoms. The second kappa shape index (κ2) is 4.40. The summed E-state index contributed by atoms with van der Waals surface area (Å²) in [5.41, 5.74) is 1.50. The van der Waals surface area contributed by atoms with Crippen molar-refractivity contribution in [2.75, 3.05) is 4.90 Å². The van der Waals surface area contributed by atoms with E-state index in [1.54, 1.807) is 12.1 Å². The number of halogens is 1. The molecule has 4 rings (SSSR count). The van der Waals surface area contributed by atoms with Gasteiger partial charge in [0, 0.05) is 16.3 Å². The lowest BCUT2D eigenvalue weighted by Crippen LogP contribution is -2.42. The quantitative estimate of drug-likeness (QED) is 0.585. The molecular formula is C16H16BrNO4. The SMILES string of the molecule is Cc1cc(N2C(=O)[C@@H]3C4CCC([C@@H]3C2=O)C4(O)O)ccc1Br. The lowest BCUT2D eigenvalue weighted by Gasteiger charge is -2.25. The van der Waals surface area contributed by atoms with Crippen molar-refractivity contribution in [1.82, 2.24) is 0 Å². The fourth-order valence-electron chi connectivity index (χ4n) is 4.53. The van der Waals surface area contributed by atoms with Crippen LogP contribution in [0.3, 0.4) is 0 Å². The topological polar surface area (TPSA) is 77.8 Å². The molecule has 1 heterocycles. The minimum absolute atomic E-state index is 0.295. The summed E-state index contributed by atoms with van der Waals surface area (Å²) < 4.78 is 0.917. The van der Waals surface area contributed by atoms with Crippen LogP contribution in [0.15, 0.2) is 22.7 Å². The zero-order valence-corrected chi connectivity index (χ0v) is 13.6. The molecular weight excluding hydrogens is 350 g/mol. The van der Waals surface area contributed by atoms with Gasteiger partial charge in [0.25, 0.3) is 0 Å². The Morgan fingerprint density at radius 2 is 1.68 bits per heavy atom. The smallest absolute Gasteiger partial charge is 0.238 e. The van der Waals surface area contributed by atoms with Gasteiger partial charge in [0.2, 0.25) is 11.8 Å². The van der Waals surface area contributed by atoms with Crippen LogP contribution in [0.1, 0.15) is 18.4 Å². The Balaban J connectivity index is 1.75. The number of nitrogens with zero attached hydrogens (tertiary/aromatic N) is 1. The molecule has 0 radical (unpaired) electrons. The van der Waals surface area contributed by atoms with Crippen molar-refractivity contribution in [2.24, 2.45) is 23.7 Å². The molecule has 3 aliphatic rings. The number of carbonyl (C=O) groups excluding carboxylic acids is 2. The molecule has 1 aliphatic heterocycles. The Morgan fingerprint density at radius 1 is 1.14 bits per heavy atom. The Morgan fingerprint density at radius 3 is 2.18 bits per heavy atom. The first-order valence-electron chi connectivity index (χ1n) is 7.42. The number of fused-ring (bicyclic) bond motifs is 5. The van der Waals surface area contributed by atoms with Crippen LogP contribution in [0.2, 0.25) is 0 Å². The van der Waals surface area contributed by atoms with Crippen LogP contribution >= 0.6 is 15.9 Å². The van der Waals surface area contributed by atoms with E-state index in [2.05, 4.69) is 15.9 Å². The highest BCUT2D eigenvalue weighted by molar-refractivity contribution is 9.10. The number of rotatable bonds is 1. The van der Waals surface area contributed by atoms with Gasteiger partial charge < -0.3 is 10.2 Å². The van der Waals surface area contributed by atoms with E-state index in [4.69, 9.17) is 0 Å². The third-order valence-corrected chi connectivity index (χ3v) is 6.43. The standard InChI is InChI=1S/C16H16BrNO4/c1-7-6-8(2-5-11(7)17)18-14(19)12-9-3-4-10(16(9,21)22)13(12)15(18)20/h2,5-6,9-10,12-13,21-22H,3-4H2,1H3/t9?,10?,12-,13+. The van der Waals surface area contributed by atoms with Gasteiger partial charge in [-0.3, -0.25) is 14.5 Å². The predicted octanol–water partition coefficient (Wildman–Crippen LogP) is 1.58. The van der Waals surface area contributed by atoms with E-state index < -0.39 is 29.5 Å². The minimum Gasteiger partial charge on any atom is -0.365 e. The van der Waals surface area contributed by atoms with Crippen LogP contribution < -0.4 is 4.90 Å². The van der Waals surface area contributed by atoms with Crippen LogP contribution in [0, 0.1) is 30.6 Å². The molecule has 1 aromatic rings. The Kier molecular flexibility index (Phi) is 2.87. The number of imide groups is 1. The van der Waals surface area contributed by atoms with Gasteiger partial charge >= 0.3 is 0 Å². The van der Waals surface area contributed by atoms with Crippen LogP contribution in [0.5, 0.6) is 0 Å². The van der Waals surface area contributed by atoms with Gasteiger partial charge in [-0.2, -0.15) is 0 Å². The molecule has 3 fully saturated rings. The van der Waals surface area contributed by atoms with Crippen molar-refractivity contribution < 1.29 is 19.8 Å². The van der Waals surface area contributed by atoms with Gasteiger partial charge in [-0.25, -0.2) is 0 Å². The van der Waals surface area contributed by atoms with Gasteiger partial charge in [-0.05, 0) is 43.5 Å². The summed E-state index contributed by atoms with van der Waals surface area (Å²) in [6, 6.07) is 5.35. The Hall–Kier alpha value is -1.24. The molecule has 2 amide bonds.